The van der Waals surface area contributed by atoms with Gasteiger partial charge in [0.05, 0.1) is 5.69 Å². The highest BCUT2D eigenvalue weighted by molar-refractivity contribution is 6.00. The van der Waals surface area contributed by atoms with E-state index in [4.69, 9.17) is 4.74 Å². The van der Waals surface area contributed by atoms with Crippen LogP contribution >= 0.6 is 0 Å². The number of hydrogen-bond donors (Lipinski definition) is 1. The second-order valence-corrected chi connectivity index (χ2v) is 7.58. The maximum atomic E-state index is 12.5. The lowest BCUT2D eigenvalue weighted by molar-refractivity contribution is -0.125. The maximum absolute atomic E-state index is 12.5. The molecule has 6 nitrogen and oxygen atoms in total. The average molecular weight is 357 g/mol. The van der Waals surface area contributed by atoms with Crippen LogP contribution in [-0.2, 0) is 9.59 Å². The van der Waals surface area contributed by atoms with E-state index in [1.54, 1.807) is 11.8 Å². The quantitative estimate of drug-likeness (QED) is 0.875. The van der Waals surface area contributed by atoms with E-state index in [0.29, 0.717) is 18.7 Å². The Hall–Kier alpha value is -2.08. The van der Waals surface area contributed by atoms with Crippen LogP contribution in [0.3, 0.4) is 0 Å². The van der Waals surface area contributed by atoms with Gasteiger partial charge in [0, 0.05) is 38.1 Å². The van der Waals surface area contributed by atoms with E-state index in [0.717, 1.165) is 37.7 Å². The molecule has 1 aromatic rings. The molecule has 4 rings (SSSR count). The van der Waals surface area contributed by atoms with Gasteiger partial charge >= 0.3 is 0 Å². The molecule has 1 saturated heterocycles. The molecule has 140 valence electrons. The number of piperidine rings is 1. The van der Waals surface area contributed by atoms with Gasteiger partial charge in [-0.2, -0.15) is 0 Å². The van der Waals surface area contributed by atoms with E-state index in [1.807, 2.05) is 24.3 Å². The normalized spacial score (nSPS) is 24.1. The van der Waals surface area contributed by atoms with Crippen LogP contribution in [0.1, 0.15) is 39.0 Å². The van der Waals surface area contributed by atoms with Crippen molar-refractivity contribution in [1.82, 2.24) is 10.2 Å². The average Bonchev–Trinajstić information content (AvgIpc) is 3.48. The summed E-state index contributed by atoms with van der Waals surface area (Å²) in [6, 6.07) is 8.57. The molecule has 2 heterocycles. The number of carbonyl (C=O) groups is 2. The summed E-state index contributed by atoms with van der Waals surface area (Å²) in [5.41, 5.74) is 0.751. The molecule has 1 unspecified atom stereocenters. The third-order valence-electron chi connectivity index (χ3n) is 5.59. The fourth-order valence-electron chi connectivity index (χ4n) is 3.95. The molecule has 1 N–H and O–H groups in total. The van der Waals surface area contributed by atoms with E-state index in [-0.39, 0.29) is 17.9 Å². The number of anilines is 1. The zero-order chi connectivity index (χ0) is 18.1. The van der Waals surface area contributed by atoms with Crippen molar-refractivity contribution in [3.63, 3.8) is 0 Å². The zero-order valence-electron chi connectivity index (χ0n) is 15.3. The highest BCUT2D eigenvalue weighted by Gasteiger charge is 2.33. The standard InChI is InChI=1S/C20H27N3O3/c1-14-20(25)23(17-4-2-3-5-18(17)26-14)13-10-19(24)21-15-8-11-22(12-9-15)16-6-7-16/h2-5,14-16H,6-13H2,1H3,(H,21,24). The lowest BCUT2D eigenvalue weighted by Gasteiger charge is -2.34. The Labute approximate surface area is 154 Å². The van der Waals surface area contributed by atoms with Gasteiger partial charge in [0.1, 0.15) is 5.75 Å². The summed E-state index contributed by atoms with van der Waals surface area (Å²) < 4.78 is 5.64. The molecular formula is C20H27N3O3. The van der Waals surface area contributed by atoms with E-state index in [1.165, 1.54) is 12.8 Å². The Bertz CT molecular complexity index is 681. The predicted molar refractivity (Wildman–Crippen MR) is 99.3 cm³/mol. The van der Waals surface area contributed by atoms with E-state index >= 15 is 0 Å². The molecular weight excluding hydrogens is 330 g/mol. The predicted octanol–water partition coefficient (Wildman–Crippen LogP) is 1.93. The Morgan fingerprint density at radius 2 is 1.92 bits per heavy atom. The van der Waals surface area contributed by atoms with Crippen molar-refractivity contribution < 1.29 is 14.3 Å². The van der Waals surface area contributed by atoms with Crippen molar-refractivity contribution in [1.29, 1.82) is 0 Å². The second kappa shape index (κ2) is 7.27. The molecule has 26 heavy (non-hydrogen) atoms. The van der Waals surface area contributed by atoms with Crippen molar-refractivity contribution >= 4 is 17.5 Å². The number of para-hydroxylation sites is 2. The summed E-state index contributed by atoms with van der Waals surface area (Å²) in [7, 11) is 0. The van der Waals surface area contributed by atoms with Gasteiger partial charge < -0.3 is 19.9 Å². The summed E-state index contributed by atoms with van der Waals surface area (Å²) in [5, 5.41) is 3.15. The SMILES string of the molecule is CC1Oc2ccccc2N(CCC(=O)NC2CCN(C3CC3)CC2)C1=O. The van der Waals surface area contributed by atoms with Crippen molar-refractivity contribution in [3.05, 3.63) is 24.3 Å². The molecule has 1 saturated carbocycles. The summed E-state index contributed by atoms with van der Waals surface area (Å²) in [4.78, 5) is 29.1. The van der Waals surface area contributed by atoms with Crippen molar-refractivity contribution in [3.8, 4) is 5.75 Å². The van der Waals surface area contributed by atoms with Gasteiger partial charge in [0.25, 0.3) is 5.91 Å². The molecule has 2 aliphatic heterocycles. The van der Waals surface area contributed by atoms with Crippen LogP contribution in [-0.4, -0.2) is 54.5 Å². The van der Waals surface area contributed by atoms with Crippen LogP contribution in [0.4, 0.5) is 5.69 Å². The molecule has 1 atom stereocenters. The highest BCUT2D eigenvalue weighted by atomic mass is 16.5. The molecule has 1 aliphatic carbocycles. The minimum absolute atomic E-state index is 0.0271. The van der Waals surface area contributed by atoms with Gasteiger partial charge in [-0.25, -0.2) is 0 Å². The first kappa shape index (κ1) is 17.3. The number of amides is 2. The third kappa shape index (κ3) is 3.70. The van der Waals surface area contributed by atoms with E-state index < -0.39 is 6.10 Å². The number of carbonyl (C=O) groups excluding carboxylic acids is 2. The second-order valence-electron chi connectivity index (χ2n) is 7.58. The lowest BCUT2D eigenvalue weighted by Crippen LogP contribution is -2.48. The van der Waals surface area contributed by atoms with Crippen LogP contribution in [0.25, 0.3) is 0 Å². The van der Waals surface area contributed by atoms with Crippen molar-refractivity contribution in [2.45, 2.75) is 57.2 Å². The first-order valence-corrected chi connectivity index (χ1v) is 9.72. The number of fused-ring (bicyclic) bond motifs is 1. The minimum Gasteiger partial charge on any atom is -0.479 e. The minimum atomic E-state index is -0.514. The number of nitrogens with zero attached hydrogens (tertiary/aromatic N) is 2. The monoisotopic (exact) mass is 357 g/mol. The highest BCUT2D eigenvalue weighted by Crippen LogP contribution is 2.33. The Morgan fingerprint density at radius 1 is 1.19 bits per heavy atom. The maximum Gasteiger partial charge on any atom is 0.267 e. The van der Waals surface area contributed by atoms with Crippen LogP contribution in [0.2, 0.25) is 0 Å². The molecule has 0 radical (unpaired) electrons. The summed E-state index contributed by atoms with van der Waals surface area (Å²) in [6.45, 7) is 4.31. The van der Waals surface area contributed by atoms with Crippen LogP contribution in [0.15, 0.2) is 24.3 Å². The molecule has 0 bridgehead atoms. The van der Waals surface area contributed by atoms with Gasteiger partial charge in [0.15, 0.2) is 6.10 Å². The topological polar surface area (TPSA) is 61.9 Å². The molecule has 3 aliphatic rings. The van der Waals surface area contributed by atoms with Gasteiger partial charge in [-0.15, -0.1) is 0 Å². The smallest absolute Gasteiger partial charge is 0.267 e. The molecule has 0 spiro atoms. The molecule has 6 heteroatoms. The van der Waals surface area contributed by atoms with E-state index in [2.05, 4.69) is 10.2 Å². The Morgan fingerprint density at radius 3 is 2.65 bits per heavy atom. The van der Waals surface area contributed by atoms with Gasteiger partial charge in [-0.05, 0) is 44.7 Å². The van der Waals surface area contributed by atoms with Gasteiger partial charge in [0.2, 0.25) is 5.91 Å². The fraction of sp³-hybridized carbons (Fsp3) is 0.600. The molecule has 1 aromatic carbocycles. The zero-order valence-corrected chi connectivity index (χ0v) is 15.3. The largest absolute Gasteiger partial charge is 0.479 e. The molecule has 2 amide bonds. The molecule has 2 fully saturated rings. The van der Waals surface area contributed by atoms with Crippen LogP contribution in [0, 0.1) is 0 Å². The van der Waals surface area contributed by atoms with Crippen molar-refractivity contribution in [2.24, 2.45) is 0 Å². The molecule has 0 aromatic heterocycles. The number of likely N-dealkylation sites (tertiary alicyclic amines) is 1. The number of rotatable bonds is 5. The fourth-order valence-corrected chi connectivity index (χ4v) is 3.95. The van der Waals surface area contributed by atoms with Gasteiger partial charge in [-0.3, -0.25) is 9.59 Å². The summed E-state index contributed by atoms with van der Waals surface area (Å²) in [5.74, 6) is 0.640. The Balaban J connectivity index is 1.29. The summed E-state index contributed by atoms with van der Waals surface area (Å²) in [6.07, 6.45) is 4.53. The van der Waals surface area contributed by atoms with Crippen molar-refractivity contribution in [2.75, 3.05) is 24.5 Å². The van der Waals surface area contributed by atoms with Crippen LogP contribution < -0.4 is 15.0 Å². The first-order valence-electron chi connectivity index (χ1n) is 9.72. The first-order chi connectivity index (χ1) is 12.6. The number of nitrogens with one attached hydrogen (secondary N) is 1. The van der Waals surface area contributed by atoms with Gasteiger partial charge in [-0.1, -0.05) is 12.1 Å². The Kier molecular flexibility index (Phi) is 4.85. The lowest BCUT2D eigenvalue weighted by atomic mass is 10.0. The number of benzene rings is 1. The van der Waals surface area contributed by atoms with E-state index in [9.17, 15) is 9.59 Å². The number of ether oxygens (including phenoxy) is 1. The third-order valence-corrected chi connectivity index (χ3v) is 5.59. The summed E-state index contributed by atoms with van der Waals surface area (Å²) >= 11 is 0. The van der Waals surface area contributed by atoms with Crippen LogP contribution in [0.5, 0.6) is 5.75 Å². The number of hydrogen-bond acceptors (Lipinski definition) is 4.